The Bertz CT molecular complexity index is 694. The number of likely N-dealkylation sites (N-methyl/N-ethyl adjacent to an activating group) is 1. The van der Waals surface area contributed by atoms with Crippen molar-refractivity contribution >= 4 is 21.6 Å². The van der Waals surface area contributed by atoms with Gasteiger partial charge in [0.15, 0.2) is 0 Å². The molecular formula is C13H16N4O3S. The van der Waals surface area contributed by atoms with Crippen molar-refractivity contribution in [1.82, 2.24) is 15.5 Å². The van der Waals surface area contributed by atoms with Crippen molar-refractivity contribution < 1.29 is 13.2 Å². The monoisotopic (exact) mass is 308 g/mol. The quantitative estimate of drug-likeness (QED) is 0.737. The molecule has 1 heterocycles. The van der Waals surface area contributed by atoms with Crippen molar-refractivity contribution in [3.8, 4) is 0 Å². The van der Waals surface area contributed by atoms with Crippen LogP contribution in [0.2, 0.25) is 0 Å². The molecule has 21 heavy (non-hydrogen) atoms. The molecule has 0 saturated heterocycles. The topological polar surface area (TPSA) is 104 Å². The van der Waals surface area contributed by atoms with Gasteiger partial charge in [-0.05, 0) is 24.6 Å². The summed E-state index contributed by atoms with van der Waals surface area (Å²) in [5, 5.41) is 8.76. The lowest BCUT2D eigenvalue weighted by molar-refractivity contribution is -0.120. The molecule has 8 heteroatoms. The first kappa shape index (κ1) is 15.0. The average Bonchev–Trinajstić information content (AvgIpc) is 2.96. The van der Waals surface area contributed by atoms with E-state index in [2.05, 4.69) is 20.2 Å². The van der Waals surface area contributed by atoms with Gasteiger partial charge in [0.05, 0.1) is 12.6 Å². The number of aromatic nitrogens is 2. The Morgan fingerprint density at radius 2 is 2.00 bits per heavy atom. The van der Waals surface area contributed by atoms with Gasteiger partial charge in [-0.3, -0.25) is 14.6 Å². The first-order valence-corrected chi connectivity index (χ1v) is 7.87. The molecule has 3 N–H and O–H groups in total. The highest BCUT2D eigenvalue weighted by atomic mass is 32.2. The number of H-pyrrole nitrogens is 1. The van der Waals surface area contributed by atoms with E-state index in [0.29, 0.717) is 12.2 Å². The number of benzene rings is 1. The van der Waals surface area contributed by atoms with E-state index in [1.54, 1.807) is 24.3 Å². The van der Waals surface area contributed by atoms with Crippen LogP contribution in [0.25, 0.3) is 0 Å². The van der Waals surface area contributed by atoms with E-state index >= 15 is 0 Å². The molecule has 112 valence electrons. The fourth-order valence-corrected chi connectivity index (χ4v) is 2.70. The van der Waals surface area contributed by atoms with Crippen molar-refractivity contribution in [1.29, 1.82) is 0 Å². The number of anilines is 1. The number of nitrogens with zero attached hydrogens (tertiary/aromatic N) is 1. The zero-order valence-corrected chi connectivity index (χ0v) is 12.3. The highest BCUT2D eigenvalue weighted by molar-refractivity contribution is 7.92. The van der Waals surface area contributed by atoms with Crippen LogP contribution in [0.15, 0.2) is 41.6 Å². The van der Waals surface area contributed by atoms with Crippen molar-refractivity contribution in [2.45, 2.75) is 18.2 Å². The molecule has 0 unspecified atom stereocenters. The average molecular weight is 308 g/mol. The van der Waals surface area contributed by atoms with Gasteiger partial charge in [0, 0.05) is 18.4 Å². The molecule has 0 aliphatic carbocycles. The molecule has 0 spiro atoms. The predicted octanol–water partition coefficient (Wildman–Crippen LogP) is 0.889. The van der Waals surface area contributed by atoms with Crippen molar-refractivity contribution in [2.75, 3.05) is 11.3 Å². The Labute approximate surface area is 122 Å². The normalized spacial score (nSPS) is 11.1. The number of carbonyl (C=O) groups is 1. The van der Waals surface area contributed by atoms with Gasteiger partial charge in [0.1, 0.15) is 4.90 Å². The zero-order valence-electron chi connectivity index (χ0n) is 11.5. The molecule has 0 aliphatic rings. The lowest BCUT2D eigenvalue weighted by Crippen LogP contribution is -2.24. The highest BCUT2D eigenvalue weighted by Crippen LogP contribution is 2.15. The molecule has 2 aromatic rings. The summed E-state index contributed by atoms with van der Waals surface area (Å²) in [4.78, 5) is 11.5. The molecule has 1 amide bonds. The second kappa shape index (κ2) is 6.40. The fraction of sp³-hybridized carbons (Fsp3) is 0.231. The van der Waals surface area contributed by atoms with Crippen LogP contribution < -0.4 is 10.0 Å². The van der Waals surface area contributed by atoms with Gasteiger partial charge in [0.2, 0.25) is 5.91 Å². The van der Waals surface area contributed by atoms with Crippen LogP contribution in [0, 0.1) is 0 Å². The number of hydrogen-bond donors (Lipinski definition) is 3. The maximum Gasteiger partial charge on any atom is 0.265 e. The van der Waals surface area contributed by atoms with E-state index in [1.165, 1.54) is 12.4 Å². The van der Waals surface area contributed by atoms with Gasteiger partial charge in [0.25, 0.3) is 10.0 Å². The molecule has 0 saturated carbocycles. The molecule has 0 fully saturated rings. The Balaban J connectivity index is 2.04. The third-order valence-electron chi connectivity index (χ3n) is 2.73. The third kappa shape index (κ3) is 4.06. The SMILES string of the molecule is CCNC(=O)Cc1ccc(NS(=O)(=O)c2cn[nH]c2)cc1. The maximum absolute atomic E-state index is 12.0. The Hall–Kier alpha value is -2.35. The summed E-state index contributed by atoms with van der Waals surface area (Å²) >= 11 is 0. The summed E-state index contributed by atoms with van der Waals surface area (Å²) < 4.78 is 26.4. The maximum atomic E-state index is 12.0. The van der Waals surface area contributed by atoms with Crippen LogP contribution in [-0.4, -0.2) is 31.1 Å². The smallest absolute Gasteiger partial charge is 0.265 e. The van der Waals surface area contributed by atoms with Crippen LogP contribution in [0.5, 0.6) is 0 Å². The van der Waals surface area contributed by atoms with Gasteiger partial charge in [-0.25, -0.2) is 8.42 Å². The Kier molecular flexibility index (Phi) is 4.59. The largest absolute Gasteiger partial charge is 0.356 e. The van der Waals surface area contributed by atoms with E-state index in [-0.39, 0.29) is 17.2 Å². The number of aromatic amines is 1. The summed E-state index contributed by atoms with van der Waals surface area (Å²) in [5.74, 6) is -0.0655. The summed E-state index contributed by atoms with van der Waals surface area (Å²) in [5.41, 5.74) is 1.24. The number of hydrogen-bond acceptors (Lipinski definition) is 4. The van der Waals surface area contributed by atoms with E-state index in [9.17, 15) is 13.2 Å². The van der Waals surface area contributed by atoms with Crippen molar-refractivity contribution in [2.24, 2.45) is 0 Å². The van der Waals surface area contributed by atoms with Gasteiger partial charge in [-0.1, -0.05) is 12.1 Å². The van der Waals surface area contributed by atoms with Crippen LogP contribution in [0.1, 0.15) is 12.5 Å². The molecule has 0 radical (unpaired) electrons. The summed E-state index contributed by atoms with van der Waals surface area (Å²) in [6.45, 7) is 2.44. The first-order chi connectivity index (χ1) is 10.0. The van der Waals surface area contributed by atoms with Crippen molar-refractivity contribution in [3.63, 3.8) is 0 Å². The second-order valence-electron chi connectivity index (χ2n) is 4.37. The van der Waals surface area contributed by atoms with Gasteiger partial charge >= 0.3 is 0 Å². The van der Waals surface area contributed by atoms with E-state index in [1.807, 2.05) is 6.92 Å². The van der Waals surface area contributed by atoms with Gasteiger partial charge in [-0.2, -0.15) is 5.10 Å². The van der Waals surface area contributed by atoms with E-state index in [0.717, 1.165) is 5.56 Å². The standard InChI is InChI=1S/C13H16N4O3S/c1-2-14-13(18)7-10-3-5-11(6-4-10)17-21(19,20)12-8-15-16-9-12/h3-6,8-9,17H,2,7H2,1H3,(H,14,18)(H,15,16). The van der Waals surface area contributed by atoms with E-state index in [4.69, 9.17) is 0 Å². The molecule has 0 atom stereocenters. The molecule has 0 bridgehead atoms. The lowest BCUT2D eigenvalue weighted by Gasteiger charge is -2.07. The zero-order chi connectivity index (χ0) is 15.3. The minimum atomic E-state index is -3.64. The molecule has 0 aliphatic heterocycles. The van der Waals surface area contributed by atoms with Crippen LogP contribution >= 0.6 is 0 Å². The summed E-state index contributed by atoms with van der Waals surface area (Å²) in [6.07, 6.45) is 2.79. The molecule has 7 nitrogen and oxygen atoms in total. The number of amides is 1. The molecule has 2 rings (SSSR count). The minimum absolute atomic E-state index is 0.0638. The van der Waals surface area contributed by atoms with Crippen LogP contribution in [-0.2, 0) is 21.2 Å². The van der Waals surface area contributed by atoms with E-state index < -0.39 is 10.0 Å². The molecule has 1 aromatic heterocycles. The number of sulfonamides is 1. The lowest BCUT2D eigenvalue weighted by atomic mass is 10.1. The Morgan fingerprint density at radius 3 is 2.57 bits per heavy atom. The van der Waals surface area contributed by atoms with Gasteiger partial charge in [-0.15, -0.1) is 0 Å². The van der Waals surface area contributed by atoms with Crippen molar-refractivity contribution in [3.05, 3.63) is 42.2 Å². The van der Waals surface area contributed by atoms with Crippen LogP contribution in [0.4, 0.5) is 5.69 Å². The minimum Gasteiger partial charge on any atom is -0.356 e. The first-order valence-electron chi connectivity index (χ1n) is 6.38. The van der Waals surface area contributed by atoms with Gasteiger partial charge < -0.3 is 5.32 Å². The number of carbonyl (C=O) groups excluding carboxylic acids is 1. The summed E-state index contributed by atoms with van der Waals surface area (Å²) in [6, 6.07) is 6.66. The van der Waals surface area contributed by atoms with Crippen LogP contribution in [0.3, 0.4) is 0 Å². The highest BCUT2D eigenvalue weighted by Gasteiger charge is 2.15. The predicted molar refractivity (Wildman–Crippen MR) is 78.2 cm³/mol. The second-order valence-corrected chi connectivity index (χ2v) is 6.05. The summed E-state index contributed by atoms with van der Waals surface area (Å²) in [7, 11) is -3.64. The molecule has 1 aromatic carbocycles. The molecular weight excluding hydrogens is 292 g/mol. The number of nitrogens with one attached hydrogen (secondary N) is 3. The third-order valence-corrected chi connectivity index (χ3v) is 4.08. The number of rotatable bonds is 6. The Morgan fingerprint density at radius 1 is 1.29 bits per heavy atom. The fourth-order valence-electron chi connectivity index (χ4n) is 1.74.